The second kappa shape index (κ2) is 8.83. The Morgan fingerprint density at radius 1 is 1.00 bits per heavy atom. The van der Waals surface area contributed by atoms with Crippen LogP contribution in [0.4, 0.5) is 0 Å². The standard InChI is InChI=1S/C21H30N2O5S/c1-15-12-16(2)20(17(3)13-15)29(26,27)23-11-7-8-18(23)21(25)28-14-19(24)22-9-5-4-6-10-22/h12-13,18H,4-11,14H2,1-3H3. The van der Waals surface area contributed by atoms with E-state index in [0.29, 0.717) is 37.1 Å². The van der Waals surface area contributed by atoms with Crippen LogP contribution in [-0.2, 0) is 24.3 Å². The van der Waals surface area contributed by atoms with Gasteiger partial charge in [0.25, 0.3) is 5.91 Å². The van der Waals surface area contributed by atoms with Crippen molar-refractivity contribution >= 4 is 21.9 Å². The smallest absolute Gasteiger partial charge is 0.324 e. The molecule has 29 heavy (non-hydrogen) atoms. The highest BCUT2D eigenvalue weighted by molar-refractivity contribution is 7.89. The molecule has 0 spiro atoms. The molecule has 1 atom stereocenters. The van der Waals surface area contributed by atoms with Crippen molar-refractivity contribution in [3.05, 3.63) is 28.8 Å². The summed E-state index contributed by atoms with van der Waals surface area (Å²) in [6.45, 7) is 6.78. The van der Waals surface area contributed by atoms with Crippen molar-refractivity contribution in [1.82, 2.24) is 9.21 Å². The Balaban J connectivity index is 1.72. The van der Waals surface area contributed by atoms with Gasteiger partial charge in [-0.15, -0.1) is 0 Å². The molecule has 2 aliphatic heterocycles. The molecule has 160 valence electrons. The Morgan fingerprint density at radius 2 is 1.62 bits per heavy atom. The van der Waals surface area contributed by atoms with Crippen LogP contribution in [0.5, 0.6) is 0 Å². The van der Waals surface area contributed by atoms with E-state index in [1.807, 2.05) is 19.1 Å². The molecule has 0 bridgehead atoms. The minimum absolute atomic E-state index is 0.212. The van der Waals surface area contributed by atoms with E-state index in [2.05, 4.69) is 0 Å². The summed E-state index contributed by atoms with van der Waals surface area (Å²) >= 11 is 0. The van der Waals surface area contributed by atoms with E-state index >= 15 is 0 Å². The number of amides is 1. The van der Waals surface area contributed by atoms with E-state index in [4.69, 9.17) is 4.74 Å². The minimum atomic E-state index is -3.83. The predicted octanol–water partition coefficient (Wildman–Crippen LogP) is 2.32. The lowest BCUT2D eigenvalue weighted by Gasteiger charge is -2.27. The van der Waals surface area contributed by atoms with Crippen LogP contribution in [0.15, 0.2) is 17.0 Å². The molecular weight excluding hydrogens is 392 g/mol. The van der Waals surface area contributed by atoms with Crippen LogP contribution in [0.25, 0.3) is 0 Å². The molecule has 2 fully saturated rings. The van der Waals surface area contributed by atoms with Crippen LogP contribution in [0, 0.1) is 20.8 Å². The topological polar surface area (TPSA) is 84.0 Å². The van der Waals surface area contributed by atoms with Gasteiger partial charge in [-0.05, 0) is 64.0 Å². The molecule has 3 rings (SSSR count). The van der Waals surface area contributed by atoms with Gasteiger partial charge in [0, 0.05) is 19.6 Å². The maximum absolute atomic E-state index is 13.3. The highest BCUT2D eigenvalue weighted by Crippen LogP contribution is 2.31. The molecule has 8 heteroatoms. The van der Waals surface area contributed by atoms with E-state index < -0.39 is 22.0 Å². The minimum Gasteiger partial charge on any atom is -0.454 e. The monoisotopic (exact) mass is 422 g/mol. The zero-order chi connectivity index (χ0) is 21.2. The normalized spacial score (nSPS) is 20.7. The third-order valence-corrected chi connectivity index (χ3v) is 7.91. The number of likely N-dealkylation sites (tertiary alicyclic amines) is 1. The lowest BCUT2D eigenvalue weighted by atomic mass is 10.1. The third-order valence-electron chi connectivity index (χ3n) is 5.69. The summed E-state index contributed by atoms with van der Waals surface area (Å²) in [7, 11) is -3.83. The van der Waals surface area contributed by atoms with Gasteiger partial charge in [0.1, 0.15) is 6.04 Å². The number of aryl methyl sites for hydroxylation is 3. The highest BCUT2D eigenvalue weighted by Gasteiger charge is 2.41. The third kappa shape index (κ3) is 4.64. The second-order valence-corrected chi connectivity index (χ2v) is 9.88. The van der Waals surface area contributed by atoms with Crippen LogP contribution >= 0.6 is 0 Å². The number of nitrogens with zero attached hydrogens (tertiary/aromatic N) is 2. The Bertz CT molecular complexity index is 867. The number of sulfonamides is 1. The lowest BCUT2D eigenvalue weighted by molar-refractivity contribution is -0.155. The van der Waals surface area contributed by atoms with Gasteiger partial charge in [-0.2, -0.15) is 4.31 Å². The van der Waals surface area contributed by atoms with Crippen LogP contribution in [0.3, 0.4) is 0 Å². The molecule has 1 amide bonds. The van der Waals surface area contributed by atoms with Crippen molar-refractivity contribution in [2.75, 3.05) is 26.2 Å². The predicted molar refractivity (Wildman–Crippen MR) is 109 cm³/mol. The van der Waals surface area contributed by atoms with E-state index in [1.165, 1.54) is 4.31 Å². The van der Waals surface area contributed by atoms with Gasteiger partial charge in [-0.1, -0.05) is 17.7 Å². The first-order valence-electron chi connectivity index (χ1n) is 10.3. The SMILES string of the molecule is Cc1cc(C)c(S(=O)(=O)N2CCCC2C(=O)OCC(=O)N2CCCCC2)c(C)c1. The Morgan fingerprint density at radius 3 is 2.24 bits per heavy atom. The first-order chi connectivity index (χ1) is 13.7. The number of esters is 1. The molecule has 2 saturated heterocycles. The summed E-state index contributed by atoms with van der Waals surface area (Å²) in [5, 5.41) is 0. The lowest BCUT2D eigenvalue weighted by Crippen LogP contribution is -2.43. The van der Waals surface area contributed by atoms with Crippen molar-refractivity contribution in [2.24, 2.45) is 0 Å². The van der Waals surface area contributed by atoms with Gasteiger partial charge in [-0.25, -0.2) is 8.42 Å². The molecular formula is C21H30N2O5S. The first-order valence-corrected chi connectivity index (χ1v) is 11.7. The molecule has 1 unspecified atom stereocenters. The van der Waals surface area contributed by atoms with Gasteiger partial charge >= 0.3 is 5.97 Å². The van der Waals surface area contributed by atoms with Crippen molar-refractivity contribution in [3.63, 3.8) is 0 Å². The quantitative estimate of drug-likeness (QED) is 0.680. The fraction of sp³-hybridized carbons (Fsp3) is 0.619. The maximum Gasteiger partial charge on any atom is 0.324 e. The first kappa shape index (κ1) is 21.8. The van der Waals surface area contributed by atoms with Crippen molar-refractivity contribution in [1.29, 1.82) is 0 Å². The van der Waals surface area contributed by atoms with Gasteiger partial charge in [0.05, 0.1) is 4.90 Å². The second-order valence-electron chi connectivity index (χ2n) is 8.05. The van der Waals surface area contributed by atoms with Gasteiger partial charge < -0.3 is 9.64 Å². The number of carbonyl (C=O) groups excluding carboxylic acids is 2. The average Bonchev–Trinajstić information content (AvgIpc) is 3.16. The molecule has 2 aliphatic rings. The highest BCUT2D eigenvalue weighted by atomic mass is 32.2. The average molecular weight is 423 g/mol. The molecule has 0 aromatic heterocycles. The molecule has 2 heterocycles. The zero-order valence-corrected chi connectivity index (χ0v) is 18.3. The maximum atomic E-state index is 13.3. The molecule has 0 aliphatic carbocycles. The van der Waals surface area contributed by atoms with E-state index in [-0.39, 0.29) is 24.0 Å². The summed E-state index contributed by atoms with van der Waals surface area (Å²) in [6, 6.07) is 2.79. The number of ether oxygens (including phenoxy) is 1. The fourth-order valence-electron chi connectivity index (χ4n) is 4.42. The number of rotatable bonds is 5. The Labute approximate surface area is 173 Å². The largest absolute Gasteiger partial charge is 0.454 e. The van der Waals surface area contributed by atoms with E-state index in [1.54, 1.807) is 18.7 Å². The van der Waals surface area contributed by atoms with Crippen LogP contribution in [0.1, 0.15) is 48.8 Å². The van der Waals surface area contributed by atoms with E-state index in [9.17, 15) is 18.0 Å². The van der Waals surface area contributed by atoms with Gasteiger partial charge in [-0.3, -0.25) is 9.59 Å². The molecule has 1 aromatic carbocycles. The summed E-state index contributed by atoms with van der Waals surface area (Å²) < 4.78 is 33.1. The van der Waals surface area contributed by atoms with Gasteiger partial charge in [0.2, 0.25) is 10.0 Å². The number of hydrogen-bond donors (Lipinski definition) is 0. The van der Waals surface area contributed by atoms with Crippen LogP contribution < -0.4 is 0 Å². The van der Waals surface area contributed by atoms with Crippen molar-refractivity contribution < 1.29 is 22.7 Å². The molecule has 1 aromatic rings. The zero-order valence-electron chi connectivity index (χ0n) is 17.4. The number of hydrogen-bond acceptors (Lipinski definition) is 5. The molecule has 0 N–H and O–H groups in total. The number of piperidine rings is 1. The molecule has 7 nitrogen and oxygen atoms in total. The van der Waals surface area contributed by atoms with E-state index in [0.717, 1.165) is 24.8 Å². The fourth-order valence-corrected chi connectivity index (χ4v) is 6.48. The molecule has 0 saturated carbocycles. The summed E-state index contributed by atoms with van der Waals surface area (Å²) in [5.41, 5.74) is 2.33. The Kier molecular flexibility index (Phi) is 6.63. The summed E-state index contributed by atoms with van der Waals surface area (Å²) in [6.07, 6.45) is 4.02. The van der Waals surface area contributed by atoms with Crippen LogP contribution in [-0.4, -0.2) is 61.8 Å². The van der Waals surface area contributed by atoms with Crippen molar-refractivity contribution in [2.45, 2.75) is 63.8 Å². The number of carbonyl (C=O) groups is 2. The number of benzene rings is 1. The Hall–Kier alpha value is -1.93. The summed E-state index contributed by atoms with van der Waals surface area (Å²) in [4.78, 5) is 26.9. The molecule has 0 radical (unpaired) electrons. The van der Waals surface area contributed by atoms with Crippen LogP contribution in [0.2, 0.25) is 0 Å². The summed E-state index contributed by atoms with van der Waals surface area (Å²) in [5.74, 6) is -0.852. The van der Waals surface area contributed by atoms with Crippen molar-refractivity contribution in [3.8, 4) is 0 Å². The van der Waals surface area contributed by atoms with Gasteiger partial charge in [0.15, 0.2) is 6.61 Å².